The molecule has 0 aromatic heterocycles. The lowest BCUT2D eigenvalue weighted by atomic mass is 9.87. The van der Waals surface area contributed by atoms with Crippen LogP contribution in [0.2, 0.25) is 0 Å². The summed E-state index contributed by atoms with van der Waals surface area (Å²) in [5.41, 5.74) is 0.118. The Hall–Kier alpha value is -2.81. The van der Waals surface area contributed by atoms with E-state index in [2.05, 4.69) is 12.1 Å². The number of hydrogen-bond donors (Lipinski definition) is 0. The molecule has 0 aliphatic carbocycles. The van der Waals surface area contributed by atoms with Crippen molar-refractivity contribution in [1.82, 2.24) is 0 Å². The van der Waals surface area contributed by atoms with E-state index in [0.29, 0.717) is 5.39 Å². The zero-order valence-corrected chi connectivity index (χ0v) is 12.6. The third-order valence-electron chi connectivity index (χ3n) is 4.78. The summed E-state index contributed by atoms with van der Waals surface area (Å²) in [6.07, 6.45) is -2.48. The molecule has 0 atom stereocenters. The number of halogens is 3. The molecule has 5 aromatic rings. The first-order valence-electron chi connectivity index (χ1n) is 7.62. The average molecular weight is 322 g/mol. The zero-order valence-electron chi connectivity index (χ0n) is 12.6. The fourth-order valence-electron chi connectivity index (χ4n) is 3.84. The van der Waals surface area contributed by atoms with Gasteiger partial charge in [0, 0.05) is 5.56 Å². The summed E-state index contributed by atoms with van der Waals surface area (Å²) in [5.74, 6) is 0. The molecule has 0 spiro atoms. The zero-order chi connectivity index (χ0) is 15.6. The maximum absolute atomic E-state index is 13.7. The first kappa shape index (κ1) is 14.8. The summed E-state index contributed by atoms with van der Waals surface area (Å²) in [4.78, 5) is 0. The minimum atomic E-state index is -2.48. The second-order valence-corrected chi connectivity index (χ2v) is 5.94. The fraction of sp³-hybridized carbons (Fsp3) is 0.0476. The van der Waals surface area contributed by atoms with Gasteiger partial charge in [-0.1, -0.05) is 66.7 Å². The van der Waals surface area contributed by atoms with Crippen LogP contribution in [0, 0.1) is 0 Å². The van der Waals surface area contributed by atoms with Gasteiger partial charge in [0.15, 0.2) is 0 Å². The smallest absolute Gasteiger partial charge is 0.264 e. The monoisotopic (exact) mass is 322 g/mol. The predicted octanol–water partition coefficient (Wildman–Crippen LogP) is 6.83. The molecule has 5 aromatic carbocycles. The van der Waals surface area contributed by atoms with Crippen LogP contribution in [0.4, 0.5) is 13.5 Å². The molecule has 0 fully saturated rings. The molecule has 24 heavy (non-hydrogen) atoms. The van der Waals surface area contributed by atoms with Crippen LogP contribution in [0.25, 0.3) is 43.1 Å². The number of fused-ring (bicyclic) bond motifs is 3. The van der Waals surface area contributed by atoms with E-state index in [1.807, 2.05) is 48.5 Å². The second-order valence-electron chi connectivity index (χ2n) is 5.94. The molecule has 0 amide bonds. The molecule has 0 aliphatic rings. The van der Waals surface area contributed by atoms with Gasteiger partial charge >= 0.3 is 0 Å². The van der Waals surface area contributed by atoms with Gasteiger partial charge < -0.3 is 0 Å². The summed E-state index contributed by atoms with van der Waals surface area (Å²) in [6, 6.07) is 21.5. The summed E-state index contributed by atoms with van der Waals surface area (Å²) < 4.78 is 27.3. The van der Waals surface area contributed by atoms with Crippen molar-refractivity contribution in [1.29, 1.82) is 0 Å². The highest BCUT2D eigenvalue weighted by Gasteiger charge is 2.19. The van der Waals surface area contributed by atoms with Gasteiger partial charge in [0.05, 0.1) is 0 Å². The molecule has 0 heterocycles. The van der Waals surface area contributed by atoms with E-state index in [-0.39, 0.29) is 10.3 Å². The van der Waals surface area contributed by atoms with Gasteiger partial charge in [0.25, 0.3) is 6.43 Å². The summed E-state index contributed by atoms with van der Waals surface area (Å²) >= 11 is 0. The SMILES string of the molecule is F.FC(F)c1ccc2ccc3cccc4c5ccccc5c1c2c34. The summed E-state index contributed by atoms with van der Waals surface area (Å²) in [6.45, 7) is 0. The van der Waals surface area contributed by atoms with Crippen molar-refractivity contribution in [3.63, 3.8) is 0 Å². The molecular formula is C21H13F3. The van der Waals surface area contributed by atoms with Crippen molar-refractivity contribution in [3.05, 3.63) is 72.3 Å². The summed E-state index contributed by atoms with van der Waals surface area (Å²) in [7, 11) is 0. The highest BCUT2D eigenvalue weighted by molar-refractivity contribution is 6.34. The Balaban J connectivity index is 0.00000146. The minimum absolute atomic E-state index is 0. The van der Waals surface area contributed by atoms with Crippen molar-refractivity contribution >= 4 is 43.1 Å². The molecular weight excluding hydrogens is 309 g/mol. The molecule has 0 bridgehead atoms. The lowest BCUT2D eigenvalue weighted by molar-refractivity contribution is 0.153. The Labute approximate surface area is 136 Å². The molecule has 0 nitrogen and oxygen atoms in total. The van der Waals surface area contributed by atoms with Gasteiger partial charge in [-0.3, -0.25) is 4.70 Å². The average Bonchev–Trinajstić information content (AvgIpc) is 2.60. The molecule has 3 heteroatoms. The van der Waals surface area contributed by atoms with Crippen LogP contribution in [0.5, 0.6) is 0 Å². The van der Waals surface area contributed by atoms with Crippen molar-refractivity contribution in [2.45, 2.75) is 6.43 Å². The van der Waals surface area contributed by atoms with E-state index in [4.69, 9.17) is 0 Å². The first-order valence-corrected chi connectivity index (χ1v) is 7.62. The Morgan fingerprint density at radius 1 is 0.542 bits per heavy atom. The van der Waals surface area contributed by atoms with Gasteiger partial charge in [0.1, 0.15) is 0 Å². The molecule has 0 radical (unpaired) electrons. The number of alkyl halides is 2. The van der Waals surface area contributed by atoms with Gasteiger partial charge in [-0.25, -0.2) is 8.78 Å². The Kier molecular flexibility index (Phi) is 3.14. The molecule has 5 rings (SSSR count). The molecule has 0 saturated carbocycles. The molecule has 0 saturated heterocycles. The van der Waals surface area contributed by atoms with Gasteiger partial charge in [-0.15, -0.1) is 0 Å². The van der Waals surface area contributed by atoms with E-state index in [0.717, 1.165) is 37.7 Å². The normalized spacial score (nSPS) is 11.8. The Bertz CT molecular complexity index is 1190. The van der Waals surface area contributed by atoms with Gasteiger partial charge in [-0.05, 0) is 43.1 Å². The van der Waals surface area contributed by atoms with Crippen LogP contribution in [0.1, 0.15) is 12.0 Å². The predicted molar refractivity (Wildman–Crippen MR) is 95.1 cm³/mol. The van der Waals surface area contributed by atoms with Crippen molar-refractivity contribution in [2.75, 3.05) is 0 Å². The third kappa shape index (κ3) is 1.75. The van der Waals surface area contributed by atoms with Crippen molar-refractivity contribution in [2.24, 2.45) is 0 Å². The van der Waals surface area contributed by atoms with Crippen molar-refractivity contribution < 1.29 is 13.5 Å². The highest BCUT2D eigenvalue weighted by atomic mass is 19.3. The van der Waals surface area contributed by atoms with E-state index < -0.39 is 6.43 Å². The lowest BCUT2D eigenvalue weighted by Gasteiger charge is -2.17. The minimum Gasteiger partial charge on any atom is -0.269 e. The van der Waals surface area contributed by atoms with E-state index in [1.54, 1.807) is 6.07 Å². The van der Waals surface area contributed by atoms with Crippen LogP contribution in [0.15, 0.2) is 66.7 Å². The molecule has 0 aliphatic heterocycles. The maximum atomic E-state index is 13.7. The third-order valence-corrected chi connectivity index (χ3v) is 4.78. The largest absolute Gasteiger partial charge is 0.269 e. The van der Waals surface area contributed by atoms with E-state index >= 15 is 0 Å². The van der Waals surface area contributed by atoms with Crippen LogP contribution in [0.3, 0.4) is 0 Å². The Morgan fingerprint density at radius 2 is 1.12 bits per heavy atom. The molecule has 0 unspecified atom stereocenters. The van der Waals surface area contributed by atoms with Gasteiger partial charge in [-0.2, -0.15) is 0 Å². The number of benzene rings is 5. The van der Waals surface area contributed by atoms with Crippen molar-refractivity contribution in [3.8, 4) is 0 Å². The maximum Gasteiger partial charge on any atom is 0.264 e. The van der Waals surface area contributed by atoms with Crippen LogP contribution in [-0.4, -0.2) is 0 Å². The van der Waals surface area contributed by atoms with Crippen LogP contribution >= 0.6 is 0 Å². The first-order chi connectivity index (χ1) is 11.3. The van der Waals surface area contributed by atoms with Crippen LogP contribution < -0.4 is 0 Å². The fourth-order valence-corrected chi connectivity index (χ4v) is 3.84. The van der Waals surface area contributed by atoms with E-state index in [1.165, 1.54) is 0 Å². The topological polar surface area (TPSA) is 0 Å². The van der Waals surface area contributed by atoms with E-state index in [9.17, 15) is 8.78 Å². The van der Waals surface area contributed by atoms with Gasteiger partial charge in [0.2, 0.25) is 0 Å². The lowest BCUT2D eigenvalue weighted by Crippen LogP contribution is -1.92. The number of rotatable bonds is 1. The second kappa shape index (κ2) is 5.10. The van der Waals surface area contributed by atoms with Crippen LogP contribution in [-0.2, 0) is 0 Å². The highest BCUT2D eigenvalue weighted by Crippen LogP contribution is 2.43. The quantitative estimate of drug-likeness (QED) is 0.234. The standard InChI is InChI=1S/C21H12F2.FH/c22-21(23)17-11-10-13-9-8-12-4-3-7-15-14-5-1-2-6-16(14)20(17)19(13)18(12)15;/h1-11,21H;1H. The molecule has 118 valence electrons. The Morgan fingerprint density at radius 3 is 1.88 bits per heavy atom. The number of hydrogen-bond acceptors (Lipinski definition) is 0. The summed E-state index contributed by atoms with van der Waals surface area (Å²) in [5, 5.41) is 7.90. The molecule has 0 N–H and O–H groups in total.